The molecule has 4 nitrogen and oxygen atoms in total. The molecule has 0 unspecified atom stereocenters. The summed E-state index contributed by atoms with van der Waals surface area (Å²) in [5, 5.41) is 0.519. The van der Waals surface area contributed by atoms with Crippen molar-refractivity contribution in [2.24, 2.45) is 0 Å². The van der Waals surface area contributed by atoms with Gasteiger partial charge in [0.05, 0.1) is 0 Å². The fraction of sp³-hybridized carbons (Fsp3) is 0.125. The van der Waals surface area contributed by atoms with Crippen LogP contribution in [0, 0.1) is 5.82 Å². The third kappa shape index (κ3) is 4.56. The minimum Gasteiger partial charge on any atom is -0.273 e. The molecule has 0 aromatic heterocycles. The molecule has 0 aliphatic rings. The smallest absolute Gasteiger partial charge is 0.269 e. The van der Waals surface area contributed by atoms with Crippen LogP contribution in [0.25, 0.3) is 0 Å². The number of hydrazine groups is 1. The molecule has 114 valence electrons. The number of rotatable bonds is 4. The number of carbonyl (C=O) groups is 2. The standard InChI is InChI=1S/C16H14ClFN2O2/c17-13-8-5-12(6-9-13)16(22)20-19-15(21)10-7-11-3-1-2-4-14(11)18/h1-6,8-9H,7,10H2,(H,19,21)(H,20,22). The van der Waals surface area contributed by atoms with Crippen LogP contribution < -0.4 is 10.9 Å². The van der Waals surface area contributed by atoms with E-state index in [9.17, 15) is 14.0 Å². The summed E-state index contributed by atoms with van der Waals surface area (Å²) in [7, 11) is 0. The van der Waals surface area contributed by atoms with Crippen LogP contribution in [0.3, 0.4) is 0 Å². The molecular formula is C16H14ClFN2O2. The van der Waals surface area contributed by atoms with Crippen molar-refractivity contribution < 1.29 is 14.0 Å². The summed E-state index contributed by atoms with van der Waals surface area (Å²) in [5.74, 6) is -1.19. The molecule has 0 aliphatic carbocycles. The second-order valence-corrected chi connectivity index (χ2v) is 5.04. The Bertz CT molecular complexity index is 674. The monoisotopic (exact) mass is 320 g/mol. The molecule has 0 atom stereocenters. The van der Waals surface area contributed by atoms with Crippen molar-refractivity contribution in [3.05, 3.63) is 70.5 Å². The molecule has 0 radical (unpaired) electrons. The van der Waals surface area contributed by atoms with Crippen molar-refractivity contribution in [1.29, 1.82) is 0 Å². The lowest BCUT2D eigenvalue weighted by atomic mass is 10.1. The summed E-state index contributed by atoms with van der Waals surface area (Å²) in [6, 6.07) is 12.5. The molecule has 2 aromatic carbocycles. The summed E-state index contributed by atoms with van der Waals surface area (Å²) in [5.41, 5.74) is 5.42. The van der Waals surface area contributed by atoms with Crippen LogP contribution in [0.4, 0.5) is 4.39 Å². The van der Waals surface area contributed by atoms with E-state index in [-0.39, 0.29) is 18.7 Å². The lowest BCUT2D eigenvalue weighted by Gasteiger charge is -2.08. The fourth-order valence-electron chi connectivity index (χ4n) is 1.81. The minimum atomic E-state index is -0.448. The highest BCUT2D eigenvalue weighted by molar-refractivity contribution is 6.30. The number of carbonyl (C=O) groups excluding carboxylic acids is 2. The molecule has 0 aliphatic heterocycles. The van der Waals surface area contributed by atoms with Crippen LogP contribution in [-0.2, 0) is 11.2 Å². The van der Waals surface area contributed by atoms with Crippen molar-refractivity contribution in [2.45, 2.75) is 12.8 Å². The number of hydrogen-bond acceptors (Lipinski definition) is 2. The van der Waals surface area contributed by atoms with Gasteiger partial charge in [0.25, 0.3) is 5.91 Å². The predicted octanol–water partition coefficient (Wildman–Crippen LogP) is 2.87. The van der Waals surface area contributed by atoms with Gasteiger partial charge in [-0.25, -0.2) is 4.39 Å². The Labute approximate surface area is 132 Å². The van der Waals surface area contributed by atoms with Crippen LogP contribution >= 0.6 is 11.6 Å². The zero-order valence-corrected chi connectivity index (χ0v) is 12.4. The molecule has 22 heavy (non-hydrogen) atoms. The Kier molecular flexibility index (Phi) is 5.49. The topological polar surface area (TPSA) is 58.2 Å². The highest BCUT2D eigenvalue weighted by atomic mass is 35.5. The fourth-order valence-corrected chi connectivity index (χ4v) is 1.94. The van der Waals surface area contributed by atoms with Crippen molar-refractivity contribution in [2.75, 3.05) is 0 Å². The van der Waals surface area contributed by atoms with E-state index in [0.717, 1.165) is 0 Å². The van der Waals surface area contributed by atoms with Crippen LogP contribution in [0.2, 0.25) is 5.02 Å². The number of nitrogens with one attached hydrogen (secondary N) is 2. The number of benzene rings is 2. The Balaban J connectivity index is 1.79. The molecule has 0 fully saturated rings. The van der Waals surface area contributed by atoms with Crippen LogP contribution in [-0.4, -0.2) is 11.8 Å². The van der Waals surface area contributed by atoms with Crippen LogP contribution in [0.15, 0.2) is 48.5 Å². The summed E-state index contributed by atoms with van der Waals surface area (Å²) >= 11 is 5.72. The summed E-state index contributed by atoms with van der Waals surface area (Å²) in [4.78, 5) is 23.4. The first kappa shape index (κ1) is 16.0. The van der Waals surface area contributed by atoms with Crippen molar-refractivity contribution in [3.8, 4) is 0 Å². The van der Waals surface area contributed by atoms with Gasteiger partial charge in [-0.1, -0.05) is 29.8 Å². The summed E-state index contributed by atoms with van der Waals surface area (Å²) < 4.78 is 13.4. The Morgan fingerprint density at radius 1 is 1.00 bits per heavy atom. The van der Waals surface area contributed by atoms with E-state index >= 15 is 0 Å². The van der Waals surface area contributed by atoms with Gasteiger partial charge in [-0.15, -0.1) is 0 Å². The molecule has 0 saturated carbocycles. The number of hydrogen-bond donors (Lipinski definition) is 2. The van der Waals surface area contributed by atoms with Gasteiger partial charge in [-0.05, 0) is 42.3 Å². The van der Waals surface area contributed by atoms with Crippen molar-refractivity contribution >= 4 is 23.4 Å². The molecule has 2 rings (SSSR count). The van der Waals surface area contributed by atoms with E-state index in [1.54, 1.807) is 42.5 Å². The van der Waals surface area contributed by atoms with Crippen LogP contribution in [0.5, 0.6) is 0 Å². The zero-order valence-electron chi connectivity index (χ0n) is 11.6. The van der Waals surface area contributed by atoms with Gasteiger partial charge in [0.2, 0.25) is 5.91 Å². The largest absolute Gasteiger partial charge is 0.273 e. The summed E-state index contributed by atoms with van der Waals surface area (Å²) in [6.07, 6.45) is 0.331. The first-order valence-electron chi connectivity index (χ1n) is 6.64. The van der Waals surface area contributed by atoms with E-state index in [2.05, 4.69) is 10.9 Å². The second-order valence-electron chi connectivity index (χ2n) is 4.60. The minimum absolute atomic E-state index is 0.0713. The maximum atomic E-state index is 13.4. The SMILES string of the molecule is O=C(CCc1ccccc1F)NNC(=O)c1ccc(Cl)cc1. The van der Waals surface area contributed by atoms with E-state index in [0.29, 0.717) is 16.1 Å². The van der Waals surface area contributed by atoms with Gasteiger partial charge < -0.3 is 0 Å². The third-order valence-corrected chi connectivity index (χ3v) is 3.25. The molecule has 0 spiro atoms. The molecule has 2 N–H and O–H groups in total. The lowest BCUT2D eigenvalue weighted by molar-refractivity contribution is -0.121. The van der Waals surface area contributed by atoms with Gasteiger partial charge in [-0.2, -0.15) is 0 Å². The lowest BCUT2D eigenvalue weighted by Crippen LogP contribution is -2.41. The number of aryl methyl sites for hydroxylation is 1. The molecule has 6 heteroatoms. The van der Waals surface area contributed by atoms with E-state index in [1.807, 2.05) is 0 Å². The Morgan fingerprint density at radius 3 is 2.36 bits per heavy atom. The van der Waals surface area contributed by atoms with E-state index in [4.69, 9.17) is 11.6 Å². The molecule has 0 saturated heterocycles. The predicted molar refractivity (Wildman–Crippen MR) is 81.8 cm³/mol. The first-order valence-corrected chi connectivity index (χ1v) is 7.02. The molecule has 2 amide bonds. The highest BCUT2D eigenvalue weighted by Gasteiger charge is 2.08. The zero-order chi connectivity index (χ0) is 15.9. The average Bonchev–Trinajstić information content (AvgIpc) is 2.52. The molecule has 2 aromatic rings. The van der Waals surface area contributed by atoms with Crippen molar-refractivity contribution in [1.82, 2.24) is 10.9 Å². The Hall–Kier alpha value is -2.40. The third-order valence-electron chi connectivity index (χ3n) is 3.00. The van der Waals surface area contributed by atoms with Crippen molar-refractivity contribution in [3.63, 3.8) is 0 Å². The van der Waals surface area contributed by atoms with Gasteiger partial charge >= 0.3 is 0 Å². The Morgan fingerprint density at radius 2 is 1.68 bits per heavy atom. The normalized spacial score (nSPS) is 10.1. The molecule has 0 heterocycles. The number of amides is 2. The molecular weight excluding hydrogens is 307 g/mol. The summed E-state index contributed by atoms with van der Waals surface area (Å²) in [6.45, 7) is 0. The van der Waals surface area contributed by atoms with E-state index in [1.165, 1.54) is 6.07 Å². The number of halogens is 2. The van der Waals surface area contributed by atoms with E-state index < -0.39 is 11.8 Å². The maximum Gasteiger partial charge on any atom is 0.269 e. The maximum absolute atomic E-state index is 13.4. The first-order chi connectivity index (χ1) is 10.6. The quantitative estimate of drug-likeness (QED) is 0.851. The average molecular weight is 321 g/mol. The highest BCUT2D eigenvalue weighted by Crippen LogP contribution is 2.10. The van der Waals surface area contributed by atoms with Crippen LogP contribution in [0.1, 0.15) is 22.3 Å². The van der Waals surface area contributed by atoms with Gasteiger partial charge in [0.1, 0.15) is 5.82 Å². The molecule has 0 bridgehead atoms. The van der Waals surface area contributed by atoms with Gasteiger partial charge in [0, 0.05) is 17.0 Å². The van der Waals surface area contributed by atoms with Gasteiger partial charge in [-0.3, -0.25) is 20.4 Å². The second kappa shape index (κ2) is 7.56. The van der Waals surface area contributed by atoms with Gasteiger partial charge in [0.15, 0.2) is 0 Å².